The number of rotatable bonds is 9. The Balaban J connectivity index is 1.43. The average molecular weight is 541 g/mol. The number of hydrogen-bond donors (Lipinski definition) is 2. The molecule has 3 unspecified atom stereocenters. The summed E-state index contributed by atoms with van der Waals surface area (Å²) in [5.41, 5.74) is 5.70. The van der Waals surface area contributed by atoms with Crippen LogP contribution in [0, 0.1) is 11.3 Å². The van der Waals surface area contributed by atoms with Crippen LogP contribution in [0.3, 0.4) is 0 Å². The highest BCUT2D eigenvalue weighted by Gasteiger charge is 2.49. The van der Waals surface area contributed by atoms with Crippen LogP contribution < -0.4 is 16.5 Å². The predicted molar refractivity (Wildman–Crippen MR) is 136 cm³/mol. The molecule has 9 nitrogen and oxygen atoms in total. The topological polar surface area (TPSA) is 75.4 Å². The Kier molecular flexibility index (Phi) is 7.92. The van der Waals surface area contributed by atoms with Gasteiger partial charge in [-0.15, -0.1) is 0 Å². The van der Waals surface area contributed by atoms with Gasteiger partial charge >= 0.3 is 11.9 Å². The summed E-state index contributed by atoms with van der Waals surface area (Å²) in [6.07, 6.45) is 3.06. The van der Waals surface area contributed by atoms with Crippen molar-refractivity contribution in [2.75, 3.05) is 54.2 Å². The summed E-state index contributed by atoms with van der Waals surface area (Å²) < 4.78 is 55.9. The molecule has 0 amide bonds. The molecule has 0 aromatic carbocycles. The number of alkyl halides is 3. The van der Waals surface area contributed by atoms with E-state index in [1.54, 1.807) is 17.9 Å². The maximum atomic E-state index is 14.1. The molecular weight excluding hydrogens is 501 g/mol. The first-order valence-corrected chi connectivity index (χ1v) is 13.4. The van der Waals surface area contributed by atoms with E-state index < -0.39 is 17.4 Å². The second-order valence-corrected chi connectivity index (χ2v) is 11.4. The summed E-state index contributed by atoms with van der Waals surface area (Å²) in [6, 6.07) is 1.03. The Hall–Kier alpha value is -1.96. The summed E-state index contributed by atoms with van der Waals surface area (Å²) in [7, 11) is 5.48. The Labute approximate surface area is 220 Å². The highest BCUT2D eigenvalue weighted by Crippen LogP contribution is 2.49. The largest absolute Gasteiger partial charge is 0.418 e. The smallest absolute Gasteiger partial charge is 0.383 e. The second kappa shape index (κ2) is 10.9. The normalized spacial score (nSPS) is 26.3. The summed E-state index contributed by atoms with van der Waals surface area (Å²) in [6.45, 7) is 3.46. The number of imidazole rings is 1. The zero-order valence-electron chi connectivity index (χ0n) is 22.4. The van der Waals surface area contributed by atoms with Crippen molar-refractivity contribution in [2.24, 2.45) is 11.3 Å². The SMILES string of the molecule is COCCN(C)Cc1cc(C(F)(F)F)c2cn(C3CCCC(C4(CC5NNCN5C)COC4)C3)c(=O)n2c1. The Morgan fingerprint density at radius 3 is 2.68 bits per heavy atom. The molecule has 0 spiro atoms. The van der Waals surface area contributed by atoms with Crippen molar-refractivity contribution in [2.45, 2.75) is 57.0 Å². The molecule has 2 N–H and O–H groups in total. The maximum Gasteiger partial charge on any atom is 0.418 e. The van der Waals surface area contributed by atoms with Crippen molar-refractivity contribution in [3.05, 3.63) is 40.1 Å². The van der Waals surface area contributed by atoms with Crippen LogP contribution in [0.5, 0.6) is 0 Å². The van der Waals surface area contributed by atoms with E-state index in [1.165, 1.54) is 16.7 Å². The number of aromatic nitrogens is 2. The van der Waals surface area contributed by atoms with Gasteiger partial charge in [-0.3, -0.25) is 18.8 Å². The molecule has 4 heterocycles. The van der Waals surface area contributed by atoms with Crippen LogP contribution >= 0.6 is 0 Å². The number of halogens is 3. The number of pyridine rings is 1. The molecule has 2 aliphatic heterocycles. The monoisotopic (exact) mass is 540 g/mol. The minimum Gasteiger partial charge on any atom is -0.383 e. The van der Waals surface area contributed by atoms with Crippen LogP contribution in [-0.2, 0) is 22.2 Å². The zero-order valence-corrected chi connectivity index (χ0v) is 22.4. The summed E-state index contributed by atoms with van der Waals surface area (Å²) in [4.78, 5) is 17.7. The van der Waals surface area contributed by atoms with Gasteiger partial charge in [0.25, 0.3) is 0 Å². The number of fused-ring (bicyclic) bond motifs is 1. The number of hydrazine groups is 1. The summed E-state index contributed by atoms with van der Waals surface area (Å²) in [5.74, 6) is 0.341. The lowest BCUT2D eigenvalue weighted by Gasteiger charge is -2.51. The van der Waals surface area contributed by atoms with Crippen molar-refractivity contribution in [1.29, 1.82) is 0 Å². The standard InChI is InChI=1S/C26H39F3N6O3/c1-32(7-8-37-3)12-18-9-21(26(27,28)29)22-14-34(24(36)35(22)13-18)20-6-4-5-19(10-20)25(15-38-16-25)11-23-31-30-17-33(23)2/h9,13-14,19-20,23,30-31H,4-8,10-12,15-17H2,1-3H3. The van der Waals surface area contributed by atoms with Crippen LogP contribution in [-0.4, -0.2) is 79.2 Å². The zero-order chi connectivity index (χ0) is 27.1. The molecule has 12 heteroatoms. The van der Waals surface area contributed by atoms with Crippen LogP contribution in [0.1, 0.15) is 49.3 Å². The first-order valence-electron chi connectivity index (χ1n) is 13.4. The second-order valence-electron chi connectivity index (χ2n) is 11.4. The third-order valence-electron chi connectivity index (χ3n) is 8.70. The first-order chi connectivity index (χ1) is 18.1. The third kappa shape index (κ3) is 5.39. The van der Waals surface area contributed by atoms with Crippen molar-refractivity contribution in [1.82, 2.24) is 29.6 Å². The fourth-order valence-corrected chi connectivity index (χ4v) is 6.43. The third-order valence-corrected chi connectivity index (χ3v) is 8.70. The molecule has 1 aliphatic carbocycles. The molecule has 38 heavy (non-hydrogen) atoms. The molecule has 2 aromatic rings. The van der Waals surface area contributed by atoms with Gasteiger partial charge in [0.1, 0.15) is 0 Å². The molecule has 212 valence electrons. The molecule has 3 aliphatic rings. The Bertz CT molecular complexity index is 1180. The lowest BCUT2D eigenvalue weighted by molar-refractivity contribution is -0.167. The predicted octanol–water partition coefficient (Wildman–Crippen LogP) is 2.66. The van der Waals surface area contributed by atoms with E-state index in [0.29, 0.717) is 37.8 Å². The van der Waals surface area contributed by atoms with Gasteiger partial charge in [-0.2, -0.15) is 13.2 Å². The number of nitrogens with zero attached hydrogens (tertiary/aromatic N) is 4. The molecule has 0 radical (unpaired) electrons. The lowest BCUT2D eigenvalue weighted by atomic mass is 9.64. The minimum atomic E-state index is -4.57. The lowest BCUT2D eigenvalue weighted by Crippen LogP contribution is -2.54. The molecule has 2 aromatic heterocycles. The van der Waals surface area contributed by atoms with E-state index >= 15 is 0 Å². The first kappa shape index (κ1) is 27.6. The number of ether oxygens (including phenoxy) is 2. The van der Waals surface area contributed by atoms with Crippen LogP contribution in [0.2, 0.25) is 0 Å². The Morgan fingerprint density at radius 1 is 1.26 bits per heavy atom. The minimum absolute atomic E-state index is 0.0104. The van der Waals surface area contributed by atoms with Gasteiger partial charge in [-0.1, -0.05) is 6.42 Å². The number of likely N-dealkylation sites (N-methyl/N-ethyl adjacent to an activating group) is 1. The molecule has 3 atom stereocenters. The van der Waals surface area contributed by atoms with Gasteiger partial charge in [0.05, 0.1) is 43.7 Å². The summed E-state index contributed by atoms with van der Waals surface area (Å²) in [5, 5.41) is 0. The molecular formula is C26H39F3N6O3. The molecule has 5 rings (SSSR count). The van der Waals surface area contributed by atoms with Gasteiger partial charge in [0.2, 0.25) is 0 Å². The maximum absolute atomic E-state index is 14.1. The highest BCUT2D eigenvalue weighted by molar-refractivity contribution is 5.56. The fourth-order valence-electron chi connectivity index (χ4n) is 6.43. The van der Waals surface area contributed by atoms with E-state index in [-0.39, 0.29) is 29.7 Å². The average Bonchev–Trinajstić information content (AvgIpc) is 3.41. The highest BCUT2D eigenvalue weighted by atomic mass is 19.4. The van der Waals surface area contributed by atoms with Crippen molar-refractivity contribution >= 4 is 5.52 Å². The van der Waals surface area contributed by atoms with Gasteiger partial charge in [0.15, 0.2) is 0 Å². The quantitative estimate of drug-likeness (QED) is 0.507. The van der Waals surface area contributed by atoms with Crippen LogP contribution in [0.25, 0.3) is 5.52 Å². The van der Waals surface area contributed by atoms with E-state index in [1.807, 2.05) is 11.9 Å². The van der Waals surface area contributed by atoms with Gasteiger partial charge in [-0.25, -0.2) is 15.6 Å². The Morgan fingerprint density at radius 2 is 2.05 bits per heavy atom. The fraction of sp³-hybridized carbons (Fsp3) is 0.731. The summed E-state index contributed by atoms with van der Waals surface area (Å²) >= 11 is 0. The van der Waals surface area contributed by atoms with Gasteiger partial charge in [0, 0.05) is 44.0 Å². The van der Waals surface area contributed by atoms with E-state index in [0.717, 1.165) is 38.8 Å². The van der Waals surface area contributed by atoms with E-state index in [2.05, 4.69) is 22.8 Å². The van der Waals surface area contributed by atoms with Crippen LogP contribution in [0.4, 0.5) is 13.2 Å². The van der Waals surface area contributed by atoms with Crippen molar-refractivity contribution in [3.8, 4) is 0 Å². The molecule has 3 fully saturated rings. The van der Waals surface area contributed by atoms with Gasteiger partial charge < -0.3 is 9.47 Å². The molecule has 0 bridgehead atoms. The van der Waals surface area contributed by atoms with Crippen molar-refractivity contribution in [3.63, 3.8) is 0 Å². The van der Waals surface area contributed by atoms with Gasteiger partial charge in [-0.05, 0) is 57.3 Å². The van der Waals surface area contributed by atoms with E-state index in [9.17, 15) is 18.0 Å². The molecule has 1 saturated carbocycles. The van der Waals surface area contributed by atoms with Crippen LogP contribution in [0.15, 0.2) is 23.3 Å². The van der Waals surface area contributed by atoms with E-state index in [4.69, 9.17) is 9.47 Å². The number of methoxy groups -OCH3 is 1. The number of hydrogen-bond acceptors (Lipinski definition) is 7. The number of nitrogens with one attached hydrogen (secondary N) is 2. The molecule has 2 saturated heterocycles. The van der Waals surface area contributed by atoms with Crippen molar-refractivity contribution < 1.29 is 22.6 Å².